The molecule has 1 heterocycles. The van der Waals surface area contributed by atoms with E-state index in [-0.39, 0.29) is 11.5 Å². The van der Waals surface area contributed by atoms with Crippen LogP contribution in [0, 0.1) is 0 Å². The van der Waals surface area contributed by atoms with Crippen molar-refractivity contribution in [1.29, 1.82) is 0 Å². The summed E-state index contributed by atoms with van der Waals surface area (Å²) in [5.41, 5.74) is 0.820. The second-order valence-electron chi connectivity index (χ2n) is 3.88. The van der Waals surface area contributed by atoms with E-state index in [1.807, 2.05) is 0 Å². The van der Waals surface area contributed by atoms with Crippen LogP contribution >= 0.6 is 15.9 Å². The average Bonchev–Trinajstić information content (AvgIpc) is 2.74. The Hall–Kier alpha value is -1.60. The summed E-state index contributed by atoms with van der Waals surface area (Å²) in [6.07, 6.45) is 1.06. The number of rotatable bonds is 4. The van der Waals surface area contributed by atoms with Crippen LogP contribution in [0.2, 0.25) is 0 Å². The molecule has 0 amide bonds. The number of hydrogen-bond acceptors (Lipinski definition) is 4. The van der Waals surface area contributed by atoms with Crippen molar-refractivity contribution >= 4 is 37.4 Å². The lowest BCUT2D eigenvalue weighted by molar-refractivity contribution is 0.101. The van der Waals surface area contributed by atoms with E-state index < -0.39 is 10.0 Å². The van der Waals surface area contributed by atoms with Crippen LogP contribution in [0.5, 0.6) is 0 Å². The number of anilines is 1. The van der Waals surface area contributed by atoms with Gasteiger partial charge in [-0.2, -0.15) is 0 Å². The number of halogens is 1. The molecule has 0 atom stereocenters. The van der Waals surface area contributed by atoms with Gasteiger partial charge >= 0.3 is 0 Å². The number of carbonyl (C=O) groups excluding carboxylic acids is 1. The molecule has 0 fully saturated rings. The highest BCUT2D eigenvalue weighted by atomic mass is 79.9. The van der Waals surface area contributed by atoms with Crippen molar-refractivity contribution in [3.05, 3.63) is 52.4 Å². The normalized spacial score (nSPS) is 11.3. The number of hydrogen-bond donors (Lipinski definition) is 1. The Morgan fingerprint density at radius 2 is 1.79 bits per heavy atom. The van der Waals surface area contributed by atoms with Crippen molar-refractivity contribution in [3.63, 3.8) is 0 Å². The standard InChI is InChI=1S/C12H10BrNO4S/c1-19(16,17)14-9-4-2-8(3-5-9)12(15)10-6-7-11(13)18-10/h2-7,14H,1H3. The first-order valence-electron chi connectivity index (χ1n) is 5.23. The predicted molar refractivity (Wildman–Crippen MR) is 74.7 cm³/mol. The summed E-state index contributed by atoms with van der Waals surface area (Å²) in [5.74, 6) is -0.0488. The summed E-state index contributed by atoms with van der Waals surface area (Å²) in [4.78, 5) is 12.0. The summed E-state index contributed by atoms with van der Waals surface area (Å²) < 4.78 is 30.1. The highest BCUT2D eigenvalue weighted by Gasteiger charge is 2.13. The molecule has 0 saturated heterocycles. The van der Waals surface area contributed by atoms with Crippen molar-refractivity contribution in [2.75, 3.05) is 11.0 Å². The molecule has 100 valence electrons. The Kier molecular flexibility index (Phi) is 3.77. The molecular weight excluding hydrogens is 334 g/mol. The monoisotopic (exact) mass is 343 g/mol. The Bertz CT molecular complexity index is 704. The molecule has 0 unspecified atom stereocenters. The van der Waals surface area contributed by atoms with E-state index in [0.29, 0.717) is 15.9 Å². The van der Waals surface area contributed by atoms with Crippen molar-refractivity contribution in [2.45, 2.75) is 0 Å². The molecule has 0 radical (unpaired) electrons. The smallest absolute Gasteiger partial charge is 0.229 e. The molecule has 0 aliphatic carbocycles. The fraction of sp³-hybridized carbons (Fsp3) is 0.0833. The van der Waals surface area contributed by atoms with Crippen molar-refractivity contribution < 1.29 is 17.6 Å². The molecule has 0 spiro atoms. The zero-order valence-electron chi connectivity index (χ0n) is 9.88. The molecule has 0 saturated carbocycles. The number of ketones is 1. The SMILES string of the molecule is CS(=O)(=O)Nc1ccc(C(=O)c2ccc(Br)o2)cc1. The second-order valence-corrected chi connectivity index (χ2v) is 6.41. The van der Waals surface area contributed by atoms with Crippen molar-refractivity contribution in [3.8, 4) is 0 Å². The van der Waals surface area contributed by atoms with Gasteiger partial charge in [0.25, 0.3) is 0 Å². The van der Waals surface area contributed by atoms with Gasteiger partial charge in [-0.25, -0.2) is 8.42 Å². The molecule has 0 aliphatic heterocycles. The van der Waals surface area contributed by atoms with Gasteiger partial charge in [0.2, 0.25) is 15.8 Å². The van der Waals surface area contributed by atoms with Gasteiger partial charge in [-0.3, -0.25) is 9.52 Å². The van der Waals surface area contributed by atoms with Crippen molar-refractivity contribution in [2.24, 2.45) is 0 Å². The third kappa shape index (κ3) is 3.68. The van der Waals surface area contributed by atoms with Crippen LogP contribution in [0.4, 0.5) is 5.69 Å². The van der Waals surface area contributed by atoms with Gasteiger partial charge in [0.1, 0.15) is 0 Å². The van der Waals surface area contributed by atoms with E-state index in [2.05, 4.69) is 20.7 Å². The van der Waals surface area contributed by atoms with Crippen LogP contribution in [0.3, 0.4) is 0 Å². The van der Waals surface area contributed by atoms with Crippen LogP contribution < -0.4 is 4.72 Å². The van der Waals surface area contributed by atoms with Gasteiger partial charge in [-0.1, -0.05) is 0 Å². The Morgan fingerprint density at radius 1 is 1.16 bits per heavy atom. The summed E-state index contributed by atoms with van der Waals surface area (Å²) in [5, 5.41) is 0. The van der Waals surface area contributed by atoms with E-state index in [1.54, 1.807) is 12.1 Å². The van der Waals surface area contributed by atoms with Crippen LogP contribution in [-0.2, 0) is 10.0 Å². The summed E-state index contributed by atoms with van der Waals surface area (Å²) in [6.45, 7) is 0. The molecule has 19 heavy (non-hydrogen) atoms. The number of nitrogens with one attached hydrogen (secondary N) is 1. The molecule has 2 aromatic rings. The highest BCUT2D eigenvalue weighted by molar-refractivity contribution is 9.10. The molecular formula is C12H10BrNO4S. The quantitative estimate of drug-likeness (QED) is 0.865. The molecule has 2 rings (SSSR count). The van der Waals surface area contributed by atoms with Crippen LogP contribution in [0.15, 0.2) is 45.5 Å². The summed E-state index contributed by atoms with van der Waals surface area (Å²) >= 11 is 3.12. The topological polar surface area (TPSA) is 76.4 Å². The molecule has 0 bridgehead atoms. The minimum atomic E-state index is -3.32. The molecule has 7 heteroatoms. The third-order valence-corrected chi connectivity index (χ3v) is 3.28. The van der Waals surface area contributed by atoms with Gasteiger partial charge in [-0.15, -0.1) is 0 Å². The molecule has 1 aromatic carbocycles. The molecule has 5 nitrogen and oxygen atoms in total. The first kappa shape index (κ1) is 13.8. The Balaban J connectivity index is 2.21. The lowest BCUT2D eigenvalue weighted by Crippen LogP contribution is -2.09. The Morgan fingerprint density at radius 3 is 2.26 bits per heavy atom. The fourth-order valence-electron chi connectivity index (χ4n) is 1.48. The lowest BCUT2D eigenvalue weighted by Gasteiger charge is -2.04. The largest absolute Gasteiger partial charge is 0.446 e. The van der Waals surface area contributed by atoms with Gasteiger partial charge in [0, 0.05) is 11.3 Å². The second kappa shape index (κ2) is 5.18. The maximum absolute atomic E-state index is 12.0. The van der Waals surface area contributed by atoms with Gasteiger partial charge in [0.15, 0.2) is 10.4 Å². The van der Waals surface area contributed by atoms with Gasteiger partial charge in [0.05, 0.1) is 6.26 Å². The molecule has 1 N–H and O–H groups in total. The van der Waals surface area contributed by atoms with E-state index in [4.69, 9.17) is 4.42 Å². The molecule has 0 aliphatic rings. The van der Waals surface area contributed by atoms with Crippen molar-refractivity contribution in [1.82, 2.24) is 0 Å². The maximum Gasteiger partial charge on any atom is 0.229 e. The minimum absolute atomic E-state index is 0.218. The van der Waals surface area contributed by atoms with Gasteiger partial charge in [-0.05, 0) is 52.3 Å². The number of furan rings is 1. The average molecular weight is 344 g/mol. The lowest BCUT2D eigenvalue weighted by atomic mass is 10.1. The first-order chi connectivity index (χ1) is 8.85. The van der Waals surface area contributed by atoms with E-state index >= 15 is 0 Å². The summed E-state index contributed by atoms with van der Waals surface area (Å²) in [7, 11) is -3.32. The minimum Gasteiger partial charge on any atom is -0.446 e. The zero-order valence-corrected chi connectivity index (χ0v) is 12.3. The van der Waals surface area contributed by atoms with Crippen LogP contribution in [0.25, 0.3) is 0 Å². The van der Waals surface area contributed by atoms with Gasteiger partial charge < -0.3 is 4.42 Å². The third-order valence-electron chi connectivity index (χ3n) is 2.25. The van der Waals surface area contributed by atoms with Crippen LogP contribution in [0.1, 0.15) is 16.1 Å². The maximum atomic E-state index is 12.0. The Labute approximate surface area is 118 Å². The number of benzene rings is 1. The predicted octanol–water partition coefficient (Wildman–Crippen LogP) is 2.64. The fourth-order valence-corrected chi connectivity index (χ4v) is 2.35. The first-order valence-corrected chi connectivity index (χ1v) is 7.91. The van der Waals surface area contributed by atoms with E-state index in [9.17, 15) is 13.2 Å². The number of carbonyl (C=O) groups is 1. The van der Waals surface area contributed by atoms with E-state index in [1.165, 1.54) is 24.3 Å². The zero-order chi connectivity index (χ0) is 14.0. The van der Waals surface area contributed by atoms with E-state index in [0.717, 1.165) is 6.26 Å². The molecule has 1 aromatic heterocycles. The number of sulfonamides is 1. The highest BCUT2D eigenvalue weighted by Crippen LogP contribution is 2.19. The summed E-state index contributed by atoms with van der Waals surface area (Å²) in [6, 6.07) is 9.30. The van der Waals surface area contributed by atoms with Crippen LogP contribution in [-0.4, -0.2) is 20.5 Å².